The quantitative estimate of drug-likeness (QED) is 0.468. The van der Waals surface area contributed by atoms with Crippen LogP contribution in [0.15, 0.2) is 37.3 Å². The van der Waals surface area contributed by atoms with E-state index in [1.807, 2.05) is 0 Å². The number of nitrogens with one attached hydrogen (secondary N) is 1. The third-order valence-corrected chi connectivity index (χ3v) is 3.49. The standard InChI is InChI=1S/C14H16N2O4/c1-4-10-12(19)14(5-2,8-17)20-13(10)16-7-6-11(18)15-9(16)3/h2,4,6-7,10,12-13,17,19H,1,3,8H2,(H,15,18)/t10-,12-,13+,14+/m0/s1. The van der Waals surface area contributed by atoms with Gasteiger partial charge in [-0.3, -0.25) is 4.79 Å². The zero-order valence-electron chi connectivity index (χ0n) is 10.8. The summed E-state index contributed by atoms with van der Waals surface area (Å²) in [6.45, 7) is 6.84. The first-order chi connectivity index (χ1) is 9.49. The Morgan fingerprint density at radius 1 is 1.70 bits per heavy atom. The molecule has 0 bridgehead atoms. The smallest absolute Gasteiger partial charge is 0.250 e. The molecule has 2 aliphatic rings. The Bertz CT molecular complexity index is 522. The van der Waals surface area contributed by atoms with Gasteiger partial charge in [-0.05, 0) is 0 Å². The molecular formula is C14H16N2O4. The van der Waals surface area contributed by atoms with Gasteiger partial charge in [0.15, 0.2) is 5.60 Å². The van der Waals surface area contributed by atoms with Crippen LogP contribution in [-0.4, -0.2) is 45.6 Å². The Morgan fingerprint density at radius 3 is 2.90 bits per heavy atom. The van der Waals surface area contributed by atoms with Crippen molar-refractivity contribution in [3.63, 3.8) is 0 Å². The van der Waals surface area contributed by atoms with Crippen LogP contribution < -0.4 is 5.32 Å². The minimum Gasteiger partial charge on any atom is -0.392 e. The number of aliphatic hydroxyl groups is 2. The monoisotopic (exact) mass is 276 g/mol. The number of carbonyl (C=O) groups excluding carboxylic acids is 1. The van der Waals surface area contributed by atoms with Crippen LogP contribution in [0, 0.1) is 18.3 Å². The van der Waals surface area contributed by atoms with Gasteiger partial charge in [-0.1, -0.05) is 18.6 Å². The maximum atomic E-state index is 11.2. The fourth-order valence-corrected chi connectivity index (χ4v) is 2.34. The fraction of sp³-hybridized carbons (Fsp3) is 0.357. The van der Waals surface area contributed by atoms with E-state index in [1.54, 1.807) is 0 Å². The molecule has 1 saturated heterocycles. The van der Waals surface area contributed by atoms with Crippen molar-refractivity contribution in [3.05, 3.63) is 37.3 Å². The van der Waals surface area contributed by atoms with E-state index in [0.717, 1.165) is 0 Å². The Balaban J connectivity index is 2.35. The number of aliphatic hydroxyl groups excluding tert-OH is 2. The van der Waals surface area contributed by atoms with E-state index in [0.29, 0.717) is 5.82 Å². The molecule has 0 aromatic rings. The van der Waals surface area contributed by atoms with Crippen LogP contribution in [0.4, 0.5) is 0 Å². The third kappa shape index (κ3) is 2.02. The molecule has 2 rings (SSSR count). The number of hydrogen-bond acceptors (Lipinski definition) is 5. The van der Waals surface area contributed by atoms with E-state index in [1.165, 1.54) is 23.3 Å². The molecule has 0 spiro atoms. The number of carbonyl (C=O) groups is 1. The molecule has 0 radical (unpaired) electrons. The van der Waals surface area contributed by atoms with Gasteiger partial charge in [-0.2, -0.15) is 0 Å². The Hall–Kier alpha value is -2.07. The van der Waals surface area contributed by atoms with Gasteiger partial charge in [0.2, 0.25) is 0 Å². The van der Waals surface area contributed by atoms with E-state index in [9.17, 15) is 15.0 Å². The van der Waals surface area contributed by atoms with Gasteiger partial charge in [0, 0.05) is 12.3 Å². The molecule has 3 N–H and O–H groups in total. The average molecular weight is 276 g/mol. The Labute approximate surface area is 117 Å². The van der Waals surface area contributed by atoms with E-state index < -0.39 is 30.5 Å². The fourth-order valence-electron chi connectivity index (χ4n) is 2.34. The van der Waals surface area contributed by atoms with Gasteiger partial charge in [-0.15, -0.1) is 13.0 Å². The summed E-state index contributed by atoms with van der Waals surface area (Å²) in [6.07, 6.45) is 7.84. The van der Waals surface area contributed by atoms with Gasteiger partial charge in [-0.25, -0.2) is 0 Å². The van der Waals surface area contributed by atoms with Crippen molar-refractivity contribution in [1.82, 2.24) is 10.2 Å². The van der Waals surface area contributed by atoms with Crippen molar-refractivity contribution in [1.29, 1.82) is 0 Å². The summed E-state index contributed by atoms with van der Waals surface area (Å²) in [4.78, 5) is 12.8. The van der Waals surface area contributed by atoms with Gasteiger partial charge in [0.05, 0.1) is 12.5 Å². The minimum absolute atomic E-state index is 0.298. The topological polar surface area (TPSA) is 82.0 Å². The van der Waals surface area contributed by atoms with Crippen molar-refractivity contribution in [2.75, 3.05) is 6.61 Å². The first-order valence-electron chi connectivity index (χ1n) is 6.02. The number of amides is 1. The molecule has 0 aromatic carbocycles. The second kappa shape index (κ2) is 5.13. The van der Waals surface area contributed by atoms with Crippen molar-refractivity contribution in [2.24, 2.45) is 5.92 Å². The number of terminal acetylenes is 1. The summed E-state index contributed by atoms with van der Waals surface area (Å²) in [7, 11) is 0. The van der Waals surface area contributed by atoms with E-state index in [4.69, 9.17) is 11.2 Å². The van der Waals surface area contributed by atoms with Crippen LogP contribution in [-0.2, 0) is 9.53 Å². The first-order valence-corrected chi connectivity index (χ1v) is 6.02. The van der Waals surface area contributed by atoms with E-state index in [-0.39, 0.29) is 5.91 Å². The van der Waals surface area contributed by atoms with E-state index >= 15 is 0 Å². The van der Waals surface area contributed by atoms with Crippen molar-refractivity contribution < 1.29 is 19.7 Å². The lowest BCUT2D eigenvalue weighted by Crippen LogP contribution is -2.44. The van der Waals surface area contributed by atoms with Crippen LogP contribution >= 0.6 is 0 Å². The highest BCUT2D eigenvalue weighted by molar-refractivity contribution is 5.89. The van der Waals surface area contributed by atoms with E-state index in [2.05, 4.69) is 24.4 Å². The summed E-state index contributed by atoms with van der Waals surface area (Å²) >= 11 is 0. The molecule has 2 heterocycles. The lowest BCUT2D eigenvalue weighted by molar-refractivity contribution is -0.119. The zero-order valence-corrected chi connectivity index (χ0v) is 10.8. The minimum atomic E-state index is -1.50. The molecule has 6 heteroatoms. The highest BCUT2D eigenvalue weighted by Gasteiger charge is 2.54. The average Bonchev–Trinajstić information content (AvgIpc) is 2.71. The largest absolute Gasteiger partial charge is 0.392 e. The molecule has 0 aliphatic carbocycles. The summed E-state index contributed by atoms with van der Waals surface area (Å²) in [6, 6.07) is 0. The van der Waals surface area contributed by atoms with Gasteiger partial charge >= 0.3 is 0 Å². The molecule has 1 amide bonds. The molecule has 4 atom stereocenters. The molecule has 0 saturated carbocycles. The number of rotatable bonds is 3. The van der Waals surface area contributed by atoms with Gasteiger partial charge < -0.3 is 25.2 Å². The van der Waals surface area contributed by atoms with Crippen LogP contribution in [0.25, 0.3) is 0 Å². The van der Waals surface area contributed by atoms with Crippen molar-refractivity contribution in [3.8, 4) is 12.3 Å². The van der Waals surface area contributed by atoms with Crippen molar-refractivity contribution in [2.45, 2.75) is 17.9 Å². The van der Waals surface area contributed by atoms with Crippen LogP contribution in [0.1, 0.15) is 0 Å². The molecule has 2 aliphatic heterocycles. The van der Waals surface area contributed by atoms with Gasteiger partial charge in [0.25, 0.3) is 5.91 Å². The Morgan fingerprint density at radius 2 is 2.40 bits per heavy atom. The number of nitrogens with zero attached hydrogens (tertiary/aromatic N) is 1. The second-order valence-electron chi connectivity index (χ2n) is 4.62. The van der Waals surface area contributed by atoms with Crippen LogP contribution in [0.5, 0.6) is 0 Å². The lowest BCUT2D eigenvalue weighted by Gasteiger charge is -2.33. The predicted molar refractivity (Wildman–Crippen MR) is 71.5 cm³/mol. The highest BCUT2D eigenvalue weighted by atomic mass is 16.6. The normalized spacial score (nSPS) is 36.6. The summed E-state index contributed by atoms with van der Waals surface area (Å²) in [5.74, 6) is 1.75. The molecule has 20 heavy (non-hydrogen) atoms. The second-order valence-corrected chi connectivity index (χ2v) is 4.62. The number of hydrogen-bond donors (Lipinski definition) is 3. The Kier molecular flexibility index (Phi) is 3.68. The third-order valence-electron chi connectivity index (χ3n) is 3.49. The molecule has 0 aromatic heterocycles. The van der Waals surface area contributed by atoms with Gasteiger partial charge in [0.1, 0.15) is 18.2 Å². The predicted octanol–water partition coefficient (Wildman–Crippen LogP) is -0.713. The molecule has 1 fully saturated rings. The van der Waals surface area contributed by atoms with Crippen LogP contribution in [0.2, 0.25) is 0 Å². The SMILES string of the molecule is C#C[C@]1(CO)O[C@@H](N2C=CC(=O)NC2=C)[C@@H](C=C)[C@@H]1O. The summed E-state index contributed by atoms with van der Waals surface area (Å²) in [5.41, 5.74) is -1.50. The van der Waals surface area contributed by atoms with Crippen LogP contribution in [0.3, 0.4) is 0 Å². The first kappa shape index (κ1) is 14.3. The molecule has 0 unspecified atom stereocenters. The van der Waals surface area contributed by atoms with Crippen molar-refractivity contribution >= 4 is 5.91 Å². The summed E-state index contributed by atoms with van der Waals surface area (Å²) < 4.78 is 5.66. The zero-order chi connectivity index (χ0) is 14.9. The maximum absolute atomic E-state index is 11.2. The molecular weight excluding hydrogens is 260 g/mol. The lowest BCUT2D eigenvalue weighted by atomic mass is 9.90. The molecule has 6 nitrogen and oxygen atoms in total. The number of ether oxygens (including phenoxy) is 1. The highest BCUT2D eigenvalue weighted by Crippen LogP contribution is 2.38. The maximum Gasteiger partial charge on any atom is 0.250 e. The molecule has 106 valence electrons. The summed E-state index contributed by atoms with van der Waals surface area (Å²) in [5, 5.41) is 22.2.